The van der Waals surface area contributed by atoms with E-state index in [2.05, 4.69) is 48.4 Å². The van der Waals surface area contributed by atoms with Crippen LogP contribution in [0.15, 0.2) is 42.7 Å². The van der Waals surface area contributed by atoms with Gasteiger partial charge >= 0.3 is 0 Å². The second-order valence-corrected chi connectivity index (χ2v) is 6.74. The van der Waals surface area contributed by atoms with Crippen LogP contribution < -0.4 is 10.6 Å². The highest BCUT2D eigenvalue weighted by Crippen LogP contribution is 2.29. The van der Waals surface area contributed by atoms with Crippen LogP contribution in [0.1, 0.15) is 50.5 Å². The number of carbonyl (C=O) groups is 1. The van der Waals surface area contributed by atoms with E-state index in [0.29, 0.717) is 5.56 Å². The monoisotopic (exact) mass is 351 g/mol. The molecule has 0 saturated carbocycles. The van der Waals surface area contributed by atoms with E-state index in [9.17, 15) is 4.79 Å². The van der Waals surface area contributed by atoms with Crippen molar-refractivity contribution >= 4 is 28.3 Å². The minimum atomic E-state index is -0.186. The molecule has 0 aliphatic heterocycles. The smallest absolute Gasteiger partial charge is 0.259 e. The Hall–Kier alpha value is -2.89. The van der Waals surface area contributed by atoms with Crippen LogP contribution in [0.5, 0.6) is 0 Å². The Morgan fingerprint density at radius 3 is 2.54 bits per heavy atom. The van der Waals surface area contributed by atoms with E-state index in [0.717, 1.165) is 28.8 Å². The zero-order valence-corrected chi connectivity index (χ0v) is 15.7. The Kier molecular flexibility index (Phi) is 5.21. The summed E-state index contributed by atoms with van der Waals surface area (Å²) >= 11 is 0. The van der Waals surface area contributed by atoms with Crippen molar-refractivity contribution < 1.29 is 4.79 Å². The lowest BCUT2D eigenvalue weighted by molar-refractivity contribution is 0.102. The molecule has 136 valence electrons. The Morgan fingerprint density at radius 2 is 1.88 bits per heavy atom. The van der Waals surface area contributed by atoms with E-state index in [1.807, 2.05) is 35.0 Å². The molecule has 0 saturated heterocycles. The van der Waals surface area contributed by atoms with Gasteiger partial charge in [-0.1, -0.05) is 25.1 Å². The summed E-state index contributed by atoms with van der Waals surface area (Å²) < 4.78 is 1.87. The van der Waals surface area contributed by atoms with Crippen LogP contribution in [0.2, 0.25) is 0 Å². The first-order valence-corrected chi connectivity index (χ1v) is 9.00. The van der Waals surface area contributed by atoms with E-state index in [1.54, 1.807) is 12.4 Å². The lowest BCUT2D eigenvalue weighted by atomic mass is 10.1. The molecule has 0 aliphatic carbocycles. The summed E-state index contributed by atoms with van der Waals surface area (Å²) in [5.41, 5.74) is 2.83. The number of fused-ring (bicyclic) bond motifs is 1. The maximum absolute atomic E-state index is 12.9. The number of pyridine rings is 1. The van der Waals surface area contributed by atoms with Gasteiger partial charge in [-0.25, -0.2) is 9.67 Å². The number of aromatic nitrogens is 3. The van der Waals surface area contributed by atoms with Crippen LogP contribution in [0, 0.1) is 0 Å². The molecule has 3 rings (SSSR count). The summed E-state index contributed by atoms with van der Waals surface area (Å²) in [7, 11) is 0. The zero-order valence-electron chi connectivity index (χ0n) is 15.7. The number of rotatable bonds is 6. The Bertz CT molecular complexity index is 901. The number of anilines is 2. The van der Waals surface area contributed by atoms with Gasteiger partial charge in [0.1, 0.15) is 0 Å². The van der Waals surface area contributed by atoms with E-state index in [-0.39, 0.29) is 18.0 Å². The summed E-state index contributed by atoms with van der Waals surface area (Å²) in [4.78, 5) is 17.4. The quantitative estimate of drug-likeness (QED) is 0.687. The van der Waals surface area contributed by atoms with Crippen LogP contribution >= 0.6 is 0 Å². The molecule has 1 amide bonds. The molecular weight excluding hydrogens is 326 g/mol. The predicted molar refractivity (Wildman–Crippen MR) is 106 cm³/mol. The van der Waals surface area contributed by atoms with Gasteiger partial charge in [-0.15, -0.1) is 0 Å². The molecule has 1 aromatic carbocycles. The molecule has 26 heavy (non-hydrogen) atoms. The molecule has 0 aliphatic rings. The van der Waals surface area contributed by atoms with Crippen LogP contribution in [-0.4, -0.2) is 26.7 Å². The fourth-order valence-corrected chi connectivity index (χ4v) is 2.77. The third-order valence-corrected chi connectivity index (χ3v) is 4.39. The number of carbonyl (C=O) groups excluding carboxylic acids is 1. The van der Waals surface area contributed by atoms with Crippen molar-refractivity contribution in [3.8, 4) is 0 Å². The van der Waals surface area contributed by atoms with E-state index < -0.39 is 0 Å². The first kappa shape index (κ1) is 17.9. The van der Waals surface area contributed by atoms with Gasteiger partial charge in [0.05, 0.1) is 22.8 Å². The topological polar surface area (TPSA) is 71.8 Å². The maximum Gasteiger partial charge on any atom is 0.259 e. The molecule has 2 aromatic heterocycles. The predicted octanol–water partition coefficient (Wildman–Crippen LogP) is 4.47. The van der Waals surface area contributed by atoms with E-state index in [4.69, 9.17) is 0 Å². The largest absolute Gasteiger partial charge is 0.381 e. The molecule has 0 spiro atoms. The Labute approximate surface area is 153 Å². The van der Waals surface area contributed by atoms with Crippen molar-refractivity contribution in [2.45, 2.75) is 46.2 Å². The van der Waals surface area contributed by atoms with Gasteiger partial charge in [0, 0.05) is 24.0 Å². The fourth-order valence-electron chi connectivity index (χ4n) is 2.77. The van der Waals surface area contributed by atoms with Crippen molar-refractivity contribution in [2.24, 2.45) is 0 Å². The molecule has 1 unspecified atom stereocenters. The number of benzene rings is 1. The minimum Gasteiger partial charge on any atom is -0.381 e. The highest BCUT2D eigenvalue weighted by molar-refractivity contribution is 6.12. The molecule has 1 atom stereocenters. The van der Waals surface area contributed by atoms with Crippen molar-refractivity contribution in [3.63, 3.8) is 0 Å². The normalized spacial score (nSPS) is 12.3. The van der Waals surface area contributed by atoms with Gasteiger partial charge in [0.15, 0.2) is 5.65 Å². The fraction of sp³-hybridized carbons (Fsp3) is 0.350. The van der Waals surface area contributed by atoms with Gasteiger partial charge in [-0.05, 0) is 39.3 Å². The first-order chi connectivity index (χ1) is 12.5. The number of para-hydroxylation sites is 1. The molecule has 6 nitrogen and oxygen atoms in total. The van der Waals surface area contributed by atoms with Crippen molar-refractivity contribution in [1.29, 1.82) is 0 Å². The molecule has 0 radical (unpaired) electrons. The van der Waals surface area contributed by atoms with E-state index >= 15 is 0 Å². The third kappa shape index (κ3) is 3.54. The summed E-state index contributed by atoms with van der Waals surface area (Å²) in [6.07, 6.45) is 4.36. The third-order valence-electron chi connectivity index (χ3n) is 4.39. The van der Waals surface area contributed by atoms with Crippen molar-refractivity contribution in [1.82, 2.24) is 14.8 Å². The second kappa shape index (κ2) is 7.56. The van der Waals surface area contributed by atoms with Crippen LogP contribution in [0.25, 0.3) is 11.0 Å². The number of hydrogen-bond acceptors (Lipinski definition) is 4. The zero-order chi connectivity index (χ0) is 18.7. The number of amides is 1. The molecular formula is C20H25N5O. The highest BCUT2D eigenvalue weighted by atomic mass is 16.1. The SMILES string of the molecule is CCC(C)Nc1c(C(=O)Nc2ccccc2)cnc2c1cnn2C(C)C. The number of hydrogen-bond donors (Lipinski definition) is 2. The van der Waals surface area contributed by atoms with Gasteiger partial charge in [0.2, 0.25) is 0 Å². The van der Waals surface area contributed by atoms with Gasteiger partial charge < -0.3 is 10.6 Å². The summed E-state index contributed by atoms with van der Waals surface area (Å²) in [5, 5.41) is 11.7. The minimum absolute atomic E-state index is 0.186. The highest BCUT2D eigenvalue weighted by Gasteiger charge is 2.20. The van der Waals surface area contributed by atoms with Gasteiger partial charge in [0.25, 0.3) is 5.91 Å². The summed E-state index contributed by atoms with van der Waals surface area (Å²) in [6, 6.07) is 9.85. The van der Waals surface area contributed by atoms with Gasteiger partial charge in [-0.2, -0.15) is 5.10 Å². The van der Waals surface area contributed by atoms with Crippen LogP contribution in [-0.2, 0) is 0 Å². The number of nitrogens with one attached hydrogen (secondary N) is 2. The second-order valence-electron chi connectivity index (χ2n) is 6.74. The molecule has 2 heterocycles. The average Bonchev–Trinajstić information content (AvgIpc) is 3.07. The average molecular weight is 351 g/mol. The lowest BCUT2D eigenvalue weighted by Gasteiger charge is -2.18. The molecule has 2 N–H and O–H groups in total. The Balaban J connectivity index is 2.05. The van der Waals surface area contributed by atoms with Gasteiger partial charge in [-0.3, -0.25) is 4.79 Å². The van der Waals surface area contributed by atoms with Crippen molar-refractivity contribution in [2.75, 3.05) is 10.6 Å². The summed E-state index contributed by atoms with van der Waals surface area (Å²) in [5.74, 6) is -0.186. The van der Waals surface area contributed by atoms with Crippen LogP contribution in [0.4, 0.5) is 11.4 Å². The van der Waals surface area contributed by atoms with Crippen LogP contribution in [0.3, 0.4) is 0 Å². The Morgan fingerprint density at radius 1 is 1.15 bits per heavy atom. The standard InChI is InChI=1S/C20H25N5O/c1-5-14(4)23-18-16-12-22-25(13(2)3)19(16)21-11-17(18)20(26)24-15-9-7-6-8-10-15/h6-14H,5H2,1-4H3,(H,21,23)(H,24,26). The lowest BCUT2D eigenvalue weighted by Crippen LogP contribution is -2.20. The van der Waals surface area contributed by atoms with Crippen molar-refractivity contribution in [3.05, 3.63) is 48.3 Å². The molecule has 0 bridgehead atoms. The first-order valence-electron chi connectivity index (χ1n) is 9.00. The molecule has 0 fully saturated rings. The number of nitrogens with zero attached hydrogens (tertiary/aromatic N) is 3. The van der Waals surface area contributed by atoms with E-state index in [1.165, 1.54) is 0 Å². The molecule has 6 heteroatoms. The molecule has 3 aromatic rings. The summed E-state index contributed by atoms with van der Waals surface area (Å²) in [6.45, 7) is 8.33. The maximum atomic E-state index is 12.9.